The number of aromatic carboxylic acids is 1. The zero-order chi connectivity index (χ0) is 15.5. The Bertz CT molecular complexity index is 666. The van der Waals surface area contributed by atoms with Crippen LogP contribution in [-0.2, 0) is 0 Å². The molecule has 2 aromatic carbocycles. The number of hydrogen-bond acceptors (Lipinski definition) is 2. The number of carboxylic acid groups (broad SMARTS) is 1. The molecule has 0 radical (unpaired) electrons. The molecule has 1 N–H and O–H groups in total. The van der Waals surface area contributed by atoms with Gasteiger partial charge in [-0.05, 0) is 43.9 Å². The summed E-state index contributed by atoms with van der Waals surface area (Å²) in [6, 6.07) is 16.1. The fraction of sp³-hybridized carbons (Fsp3) is 0.316. The predicted molar refractivity (Wildman–Crippen MR) is 89.5 cm³/mol. The maximum atomic E-state index is 11.3. The Morgan fingerprint density at radius 3 is 2.59 bits per heavy atom. The molecule has 2 aromatic rings. The number of anilines is 1. The Kier molecular flexibility index (Phi) is 4.14. The molecule has 1 heterocycles. The zero-order valence-electron chi connectivity index (χ0n) is 12.8. The molecule has 3 heteroatoms. The van der Waals surface area contributed by atoms with Gasteiger partial charge in [-0.2, -0.15) is 0 Å². The number of nitrogens with zero attached hydrogens (tertiary/aromatic N) is 1. The second-order valence-electron chi connectivity index (χ2n) is 5.94. The maximum absolute atomic E-state index is 11.3. The van der Waals surface area contributed by atoms with E-state index in [0.717, 1.165) is 36.2 Å². The van der Waals surface area contributed by atoms with Gasteiger partial charge in [0.05, 0.1) is 5.56 Å². The number of hydrogen-bond donors (Lipinski definition) is 1. The predicted octanol–water partition coefficient (Wildman–Crippen LogP) is 4.43. The third-order valence-electron chi connectivity index (χ3n) is 4.44. The van der Waals surface area contributed by atoms with Crippen LogP contribution in [0.2, 0.25) is 0 Å². The molecule has 0 aliphatic carbocycles. The third kappa shape index (κ3) is 2.84. The van der Waals surface area contributed by atoms with E-state index in [1.54, 1.807) is 6.07 Å². The largest absolute Gasteiger partial charge is 0.478 e. The van der Waals surface area contributed by atoms with Crippen LogP contribution in [0.25, 0.3) is 11.1 Å². The second-order valence-corrected chi connectivity index (χ2v) is 5.94. The molecule has 0 spiro atoms. The summed E-state index contributed by atoms with van der Waals surface area (Å²) in [4.78, 5) is 13.7. The maximum Gasteiger partial charge on any atom is 0.335 e. The standard InChI is InChI=1S/C19H21NO2/c1-14-7-5-6-12-20(14)18-13-16(19(21)22)10-11-17(18)15-8-3-2-4-9-15/h2-4,8-11,13-14H,5-7,12H2,1H3,(H,21,22). The molecule has 0 amide bonds. The van der Waals surface area contributed by atoms with Gasteiger partial charge in [0, 0.05) is 23.8 Å². The molecule has 22 heavy (non-hydrogen) atoms. The summed E-state index contributed by atoms with van der Waals surface area (Å²) < 4.78 is 0. The van der Waals surface area contributed by atoms with Crippen LogP contribution in [0.4, 0.5) is 5.69 Å². The van der Waals surface area contributed by atoms with E-state index in [2.05, 4.69) is 24.0 Å². The van der Waals surface area contributed by atoms with Crippen molar-refractivity contribution < 1.29 is 9.90 Å². The number of carboxylic acids is 1. The summed E-state index contributed by atoms with van der Waals surface area (Å²) in [5.74, 6) is -0.870. The average molecular weight is 295 g/mol. The Morgan fingerprint density at radius 1 is 1.14 bits per heavy atom. The zero-order valence-corrected chi connectivity index (χ0v) is 12.8. The molecule has 0 bridgehead atoms. The van der Waals surface area contributed by atoms with Gasteiger partial charge in [-0.1, -0.05) is 36.4 Å². The van der Waals surface area contributed by atoms with Crippen molar-refractivity contribution in [3.8, 4) is 11.1 Å². The van der Waals surface area contributed by atoms with E-state index in [0.29, 0.717) is 11.6 Å². The number of benzene rings is 2. The Morgan fingerprint density at radius 2 is 1.91 bits per heavy atom. The summed E-state index contributed by atoms with van der Waals surface area (Å²) in [6.45, 7) is 3.21. The first-order chi connectivity index (χ1) is 10.7. The molecule has 0 saturated carbocycles. The van der Waals surface area contributed by atoms with Crippen molar-refractivity contribution in [2.45, 2.75) is 32.2 Å². The van der Waals surface area contributed by atoms with Gasteiger partial charge in [0.25, 0.3) is 0 Å². The lowest BCUT2D eigenvalue weighted by Gasteiger charge is -2.37. The molecule has 1 unspecified atom stereocenters. The van der Waals surface area contributed by atoms with Crippen molar-refractivity contribution >= 4 is 11.7 Å². The van der Waals surface area contributed by atoms with E-state index in [4.69, 9.17) is 0 Å². The fourth-order valence-corrected chi connectivity index (χ4v) is 3.22. The van der Waals surface area contributed by atoms with E-state index >= 15 is 0 Å². The van der Waals surface area contributed by atoms with Crippen LogP contribution < -0.4 is 4.90 Å². The Hall–Kier alpha value is -2.29. The number of carbonyl (C=O) groups is 1. The molecule has 114 valence electrons. The highest BCUT2D eigenvalue weighted by atomic mass is 16.4. The van der Waals surface area contributed by atoms with Crippen LogP contribution in [0, 0.1) is 0 Å². The first-order valence-corrected chi connectivity index (χ1v) is 7.86. The monoisotopic (exact) mass is 295 g/mol. The fourth-order valence-electron chi connectivity index (χ4n) is 3.22. The van der Waals surface area contributed by atoms with Crippen molar-refractivity contribution in [3.63, 3.8) is 0 Å². The van der Waals surface area contributed by atoms with Crippen LogP contribution in [0.1, 0.15) is 36.5 Å². The van der Waals surface area contributed by atoms with Crippen molar-refractivity contribution in [2.24, 2.45) is 0 Å². The van der Waals surface area contributed by atoms with Gasteiger partial charge in [0.15, 0.2) is 0 Å². The molecule has 1 saturated heterocycles. The topological polar surface area (TPSA) is 40.5 Å². The first kappa shape index (κ1) is 14.6. The molecular weight excluding hydrogens is 274 g/mol. The normalized spacial score (nSPS) is 18.2. The third-order valence-corrected chi connectivity index (χ3v) is 4.44. The molecular formula is C19H21NO2. The molecule has 1 fully saturated rings. The molecule has 1 aliphatic rings. The van der Waals surface area contributed by atoms with Gasteiger partial charge in [0.1, 0.15) is 0 Å². The molecule has 3 nitrogen and oxygen atoms in total. The highest BCUT2D eigenvalue weighted by molar-refractivity contribution is 5.92. The lowest BCUT2D eigenvalue weighted by Crippen LogP contribution is -2.37. The van der Waals surface area contributed by atoms with E-state index in [-0.39, 0.29) is 0 Å². The summed E-state index contributed by atoms with van der Waals surface area (Å²) in [5.41, 5.74) is 3.64. The van der Waals surface area contributed by atoms with Crippen LogP contribution in [0.5, 0.6) is 0 Å². The number of piperidine rings is 1. The van der Waals surface area contributed by atoms with E-state index in [9.17, 15) is 9.90 Å². The average Bonchev–Trinajstić information content (AvgIpc) is 2.55. The van der Waals surface area contributed by atoms with Gasteiger partial charge in [-0.3, -0.25) is 0 Å². The van der Waals surface area contributed by atoms with Crippen molar-refractivity contribution in [1.82, 2.24) is 0 Å². The van der Waals surface area contributed by atoms with Crippen molar-refractivity contribution in [3.05, 3.63) is 54.1 Å². The van der Waals surface area contributed by atoms with Gasteiger partial charge >= 0.3 is 5.97 Å². The second kappa shape index (κ2) is 6.22. The minimum Gasteiger partial charge on any atom is -0.478 e. The van der Waals surface area contributed by atoms with E-state index in [1.807, 2.05) is 30.3 Å². The van der Waals surface area contributed by atoms with E-state index in [1.165, 1.54) is 6.42 Å². The van der Waals surface area contributed by atoms with Crippen molar-refractivity contribution in [1.29, 1.82) is 0 Å². The highest BCUT2D eigenvalue weighted by Crippen LogP contribution is 2.35. The van der Waals surface area contributed by atoms with Crippen LogP contribution in [0.15, 0.2) is 48.5 Å². The SMILES string of the molecule is CC1CCCCN1c1cc(C(=O)O)ccc1-c1ccccc1. The minimum atomic E-state index is -0.870. The Labute approximate surface area is 131 Å². The van der Waals surface area contributed by atoms with Gasteiger partial charge in [-0.25, -0.2) is 4.79 Å². The summed E-state index contributed by atoms with van der Waals surface area (Å²) in [6.07, 6.45) is 3.57. The first-order valence-electron chi connectivity index (χ1n) is 7.86. The minimum absolute atomic E-state index is 0.354. The van der Waals surface area contributed by atoms with Gasteiger partial charge in [-0.15, -0.1) is 0 Å². The molecule has 3 rings (SSSR count). The van der Waals surface area contributed by atoms with Crippen LogP contribution in [0.3, 0.4) is 0 Å². The molecule has 0 aromatic heterocycles. The van der Waals surface area contributed by atoms with Crippen LogP contribution in [-0.4, -0.2) is 23.7 Å². The summed E-state index contributed by atoms with van der Waals surface area (Å²) in [5, 5.41) is 9.32. The highest BCUT2D eigenvalue weighted by Gasteiger charge is 2.22. The smallest absolute Gasteiger partial charge is 0.335 e. The van der Waals surface area contributed by atoms with Gasteiger partial charge < -0.3 is 10.0 Å². The van der Waals surface area contributed by atoms with Gasteiger partial charge in [0.2, 0.25) is 0 Å². The van der Waals surface area contributed by atoms with E-state index < -0.39 is 5.97 Å². The quantitative estimate of drug-likeness (QED) is 0.910. The lowest BCUT2D eigenvalue weighted by molar-refractivity contribution is 0.0697. The van der Waals surface area contributed by atoms with Crippen LogP contribution >= 0.6 is 0 Å². The lowest BCUT2D eigenvalue weighted by atomic mass is 9.96. The summed E-state index contributed by atoms with van der Waals surface area (Å²) in [7, 11) is 0. The Balaban J connectivity index is 2.11. The summed E-state index contributed by atoms with van der Waals surface area (Å²) >= 11 is 0. The molecule has 1 atom stereocenters. The molecule has 1 aliphatic heterocycles. The number of rotatable bonds is 3. The van der Waals surface area contributed by atoms with Crippen molar-refractivity contribution in [2.75, 3.05) is 11.4 Å².